The van der Waals surface area contributed by atoms with E-state index in [2.05, 4.69) is 25.6 Å². The number of aryl methyl sites for hydroxylation is 1. The summed E-state index contributed by atoms with van der Waals surface area (Å²) in [6.45, 7) is 1.93. The van der Waals surface area contributed by atoms with Crippen molar-refractivity contribution in [3.8, 4) is 17.1 Å². The molecule has 0 bridgehead atoms. The lowest BCUT2D eigenvalue weighted by Crippen LogP contribution is -2.04. The van der Waals surface area contributed by atoms with Gasteiger partial charge in [-0.05, 0) is 30.7 Å². The molecule has 0 atom stereocenters. The van der Waals surface area contributed by atoms with Gasteiger partial charge >= 0.3 is 0 Å². The molecule has 0 saturated heterocycles. The summed E-state index contributed by atoms with van der Waals surface area (Å²) in [6, 6.07) is 19.8. The molecule has 2 aromatic carbocycles. The van der Waals surface area contributed by atoms with Crippen molar-refractivity contribution >= 4 is 17.7 Å². The molecule has 148 valence electrons. The van der Waals surface area contributed by atoms with Gasteiger partial charge in [0.25, 0.3) is 5.69 Å². The third kappa shape index (κ3) is 4.20. The SMILES string of the molecule is Cc1cc(-c2ccccc2)n(-c2cc(N/N=C/c3ccc([N+](=O)[O-])cc3)ncn2)n1. The highest BCUT2D eigenvalue weighted by Crippen LogP contribution is 2.23. The van der Waals surface area contributed by atoms with Crippen molar-refractivity contribution in [1.82, 2.24) is 19.7 Å². The number of anilines is 1. The second-order valence-electron chi connectivity index (χ2n) is 6.43. The summed E-state index contributed by atoms with van der Waals surface area (Å²) in [7, 11) is 0. The molecule has 0 spiro atoms. The minimum Gasteiger partial charge on any atom is -0.261 e. The van der Waals surface area contributed by atoms with E-state index in [0.29, 0.717) is 11.6 Å². The molecule has 0 amide bonds. The van der Waals surface area contributed by atoms with Gasteiger partial charge in [0.15, 0.2) is 11.6 Å². The Bertz CT molecular complexity index is 1200. The van der Waals surface area contributed by atoms with Gasteiger partial charge in [-0.25, -0.2) is 14.6 Å². The zero-order valence-corrected chi connectivity index (χ0v) is 16.0. The molecule has 0 aliphatic carbocycles. The van der Waals surface area contributed by atoms with Gasteiger partial charge in [-0.3, -0.25) is 15.5 Å². The lowest BCUT2D eigenvalue weighted by atomic mass is 10.1. The monoisotopic (exact) mass is 399 g/mol. The first kappa shape index (κ1) is 18.9. The molecule has 30 heavy (non-hydrogen) atoms. The Morgan fingerprint density at radius 2 is 1.83 bits per heavy atom. The van der Waals surface area contributed by atoms with Crippen LogP contribution in [0, 0.1) is 17.0 Å². The number of rotatable bonds is 6. The number of aromatic nitrogens is 4. The minimum absolute atomic E-state index is 0.0317. The van der Waals surface area contributed by atoms with Crippen LogP contribution in [-0.2, 0) is 0 Å². The average Bonchev–Trinajstić information content (AvgIpc) is 3.17. The Morgan fingerprint density at radius 1 is 1.07 bits per heavy atom. The maximum atomic E-state index is 10.7. The van der Waals surface area contributed by atoms with E-state index in [-0.39, 0.29) is 5.69 Å². The number of benzene rings is 2. The largest absolute Gasteiger partial charge is 0.269 e. The van der Waals surface area contributed by atoms with E-state index in [1.165, 1.54) is 18.5 Å². The molecule has 9 heteroatoms. The van der Waals surface area contributed by atoms with Gasteiger partial charge < -0.3 is 0 Å². The topological polar surface area (TPSA) is 111 Å². The fraction of sp³-hybridized carbons (Fsp3) is 0.0476. The Balaban J connectivity index is 1.55. The molecule has 2 aromatic heterocycles. The maximum Gasteiger partial charge on any atom is 0.269 e. The van der Waals surface area contributed by atoms with Crippen LogP contribution in [0.3, 0.4) is 0 Å². The number of hydrogen-bond donors (Lipinski definition) is 1. The zero-order chi connectivity index (χ0) is 20.9. The third-order valence-electron chi connectivity index (χ3n) is 4.27. The second-order valence-corrected chi connectivity index (χ2v) is 6.43. The van der Waals surface area contributed by atoms with E-state index in [1.54, 1.807) is 29.1 Å². The molecule has 1 N–H and O–H groups in total. The number of nitrogens with one attached hydrogen (secondary N) is 1. The lowest BCUT2D eigenvalue weighted by Gasteiger charge is -2.07. The number of nitro benzene ring substituents is 1. The van der Waals surface area contributed by atoms with Gasteiger partial charge in [0.05, 0.1) is 22.5 Å². The van der Waals surface area contributed by atoms with Gasteiger partial charge in [0, 0.05) is 23.8 Å². The molecule has 0 aliphatic heterocycles. The fourth-order valence-electron chi connectivity index (χ4n) is 2.87. The first-order chi connectivity index (χ1) is 14.6. The predicted molar refractivity (Wildman–Crippen MR) is 114 cm³/mol. The summed E-state index contributed by atoms with van der Waals surface area (Å²) in [5.74, 6) is 1.09. The van der Waals surface area contributed by atoms with Crippen LogP contribution in [-0.4, -0.2) is 30.9 Å². The van der Waals surface area contributed by atoms with Crippen molar-refractivity contribution in [2.75, 3.05) is 5.43 Å². The van der Waals surface area contributed by atoms with Crippen LogP contribution >= 0.6 is 0 Å². The summed E-state index contributed by atoms with van der Waals surface area (Å²) < 4.78 is 1.76. The number of non-ortho nitro benzene ring substituents is 1. The van der Waals surface area contributed by atoms with Gasteiger partial charge in [0.1, 0.15) is 6.33 Å². The smallest absolute Gasteiger partial charge is 0.261 e. The van der Waals surface area contributed by atoms with Crippen molar-refractivity contribution in [2.45, 2.75) is 6.92 Å². The molecule has 0 radical (unpaired) electrons. The van der Waals surface area contributed by atoms with Crippen LogP contribution in [0.2, 0.25) is 0 Å². The highest BCUT2D eigenvalue weighted by atomic mass is 16.6. The highest BCUT2D eigenvalue weighted by Gasteiger charge is 2.11. The van der Waals surface area contributed by atoms with Crippen LogP contribution in [0.5, 0.6) is 0 Å². The van der Waals surface area contributed by atoms with Crippen LogP contribution in [0.1, 0.15) is 11.3 Å². The molecule has 4 aromatic rings. The normalized spacial score (nSPS) is 11.0. The Kier molecular flexibility index (Phi) is 5.25. The van der Waals surface area contributed by atoms with Gasteiger partial charge in [-0.15, -0.1) is 0 Å². The van der Waals surface area contributed by atoms with E-state index < -0.39 is 4.92 Å². The molecule has 2 heterocycles. The second kappa shape index (κ2) is 8.31. The molecule has 4 rings (SSSR count). The van der Waals surface area contributed by atoms with Crippen LogP contribution in [0.4, 0.5) is 11.5 Å². The molecular formula is C21H17N7O2. The summed E-state index contributed by atoms with van der Waals surface area (Å²) in [5.41, 5.74) is 6.43. The molecule has 0 saturated carbocycles. The van der Waals surface area contributed by atoms with Gasteiger partial charge in [0.2, 0.25) is 0 Å². The van der Waals surface area contributed by atoms with E-state index in [0.717, 1.165) is 22.5 Å². The Morgan fingerprint density at radius 3 is 2.57 bits per heavy atom. The standard InChI is InChI=1S/C21H17N7O2/c1-15-11-19(17-5-3-2-4-6-17)27(26-15)21-12-20(22-14-23-21)25-24-13-16-7-9-18(10-8-16)28(29)30/h2-14H,1H3,(H,22,23,25)/b24-13+. The minimum atomic E-state index is -0.442. The average molecular weight is 399 g/mol. The third-order valence-corrected chi connectivity index (χ3v) is 4.27. The lowest BCUT2D eigenvalue weighted by molar-refractivity contribution is -0.384. The first-order valence-corrected chi connectivity index (χ1v) is 9.08. The quantitative estimate of drug-likeness (QED) is 0.298. The zero-order valence-electron chi connectivity index (χ0n) is 16.0. The molecular weight excluding hydrogens is 382 g/mol. The van der Waals surface area contributed by atoms with Crippen LogP contribution in [0.25, 0.3) is 17.1 Å². The summed E-state index contributed by atoms with van der Waals surface area (Å²) in [5, 5.41) is 19.4. The van der Waals surface area contributed by atoms with Gasteiger partial charge in [-0.2, -0.15) is 10.2 Å². The molecule has 0 aliphatic rings. The van der Waals surface area contributed by atoms with Crippen LogP contribution < -0.4 is 5.43 Å². The van der Waals surface area contributed by atoms with Crippen molar-refractivity contribution in [3.05, 3.63) is 94.4 Å². The highest BCUT2D eigenvalue weighted by molar-refractivity contribution is 5.80. The first-order valence-electron chi connectivity index (χ1n) is 9.08. The van der Waals surface area contributed by atoms with Crippen molar-refractivity contribution < 1.29 is 4.92 Å². The summed E-state index contributed by atoms with van der Waals surface area (Å²) >= 11 is 0. The summed E-state index contributed by atoms with van der Waals surface area (Å²) in [6.07, 6.45) is 2.99. The number of nitrogens with zero attached hydrogens (tertiary/aromatic N) is 6. The predicted octanol–water partition coefficient (Wildman–Crippen LogP) is 3.99. The van der Waals surface area contributed by atoms with Crippen molar-refractivity contribution in [1.29, 1.82) is 0 Å². The van der Waals surface area contributed by atoms with E-state index in [4.69, 9.17) is 0 Å². The van der Waals surface area contributed by atoms with E-state index in [9.17, 15) is 10.1 Å². The van der Waals surface area contributed by atoms with E-state index in [1.807, 2.05) is 43.3 Å². The Hall–Kier alpha value is -4.40. The summed E-state index contributed by atoms with van der Waals surface area (Å²) in [4.78, 5) is 18.8. The van der Waals surface area contributed by atoms with E-state index >= 15 is 0 Å². The maximum absolute atomic E-state index is 10.7. The number of hydrogen-bond acceptors (Lipinski definition) is 7. The van der Waals surface area contributed by atoms with Crippen molar-refractivity contribution in [3.63, 3.8) is 0 Å². The van der Waals surface area contributed by atoms with Gasteiger partial charge in [-0.1, -0.05) is 30.3 Å². The number of nitro groups is 1. The van der Waals surface area contributed by atoms with Crippen LogP contribution in [0.15, 0.2) is 78.2 Å². The van der Waals surface area contributed by atoms with Crippen molar-refractivity contribution in [2.24, 2.45) is 5.10 Å². The number of hydrazone groups is 1. The molecule has 0 unspecified atom stereocenters. The fourth-order valence-corrected chi connectivity index (χ4v) is 2.87. The molecule has 0 fully saturated rings. The molecule has 9 nitrogen and oxygen atoms in total. The Labute approximate surface area is 171 Å².